The summed E-state index contributed by atoms with van der Waals surface area (Å²) in [5, 5.41) is 15.7. The number of thiazole rings is 1. The zero-order chi connectivity index (χ0) is 25.0. The van der Waals surface area contributed by atoms with Crippen LogP contribution in [-0.4, -0.2) is 74.8 Å². The van der Waals surface area contributed by atoms with Crippen molar-refractivity contribution in [3.05, 3.63) is 35.0 Å². The Morgan fingerprint density at radius 2 is 2.21 bits per heavy atom. The van der Waals surface area contributed by atoms with Crippen molar-refractivity contribution in [2.24, 2.45) is 5.16 Å². The van der Waals surface area contributed by atoms with Crippen molar-refractivity contribution in [3.8, 4) is 0 Å². The van der Waals surface area contributed by atoms with E-state index in [4.69, 9.17) is 15.2 Å². The van der Waals surface area contributed by atoms with E-state index >= 15 is 0 Å². The Hall–Kier alpha value is -3.59. The van der Waals surface area contributed by atoms with Crippen LogP contribution in [-0.2, 0) is 28.6 Å². The summed E-state index contributed by atoms with van der Waals surface area (Å²) >= 11 is 2.34. The lowest BCUT2D eigenvalue weighted by molar-refractivity contribution is -0.168. The number of nitrogens with zero attached hydrogens (tertiary/aromatic N) is 3. The fourth-order valence-corrected chi connectivity index (χ4v) is 5.01. The first kappa shape index (κ1) is 25.0. The lowest BCUT2D eigenvalue weighted by atomic mass is 10.0. The predicted molar refractivity (Wildman–Crippen MR) is 121 cm³/mol. The van der Waals surface area contributed by atoms with Crippen molar-refractivity contribution < 1.29 is 38.6 Å². The average Bonchev–Trinajstić information content (AvgIpc) is 3.22. The van der Waals surface area contributed by atoms with Gasteiger partial charge in [-0.15, -0.1) is 23.1 Å². The Morgan fingerprint density at radius 1 is 1.47 bits per heavy atom. The normalized spacial score (nSPS) is 20.6. The van der Waals surface area contributed by atoms with Crippen molar-refractivity contribution in [1.29, 1.82) is 0 Å². The maximum atomic E-state index is 12.9. The number of rotatable bonds is 8. The zero-order valence-electron chi connectivity index (χ0n) is 18.0. The van der Waals surface area contributed by atoms with Crippen molar-refractivity contribution in [2.75, 3.05) is 18.1 Å². The second kappa shape index (κ2) is 10.6. The maximum Gasteiger partial charge on any atom is 0.511 e. The van der Waals surface area contributed by atoms with E-state index in [1.807, 2.05) is 0 Å². The number of anilines is 1. The third kappa shape index (κ3) is 4.99. The van der Waals surface area contributed by atoms with Gasteiger partial charge in [0.1, 0.15) is 22.8 Å². The molecule has 0 saturated carbocycles. The van der Waals surface area contributed by atoms with E-state index in [1.54, 1.807) is 6.92 Å². The third-order valence-electron chi connectivity index (χ3n) is 4.60. The summed E-state index contributed by atoms with van der Waals surface area (Å²) in [5.41, 5.74) is 5.55. The highest BCUT2D eigenvalue weighted by Crippen LogP contribution is 2.41. The molecule has 2 aliphatic rings. The molecule has 13 nitrogen and oxygen atoms in total. The third-order valence-corrected chi connectivity index (χ3v) is 6.58. The average molecular weight is 512 g/mol. The van der Waals surface area contributed by atoms with Gasteiger partial charge in [-0.05, 0) is 12.5 Å². The van der Waals surface area contributed by atoms with E-state index in [1.165, 1.54) is 35.0 Å². The summed E-state index contributed by atoms with van der Waals surface area (Å²) in [7, 11) is 0. The number of ether oxygens (including phenoxy) is 3. The van der Waals surface area contributed by atoms with Crippen LogP contribution in [0, 0.1) is 0 Å². The summed E-state index contributed by atoms with van der Waals surface area (Å²) in [6.45, 7) is 6.65. The Kier molecular flexibility index (Phi) is 7.78. The first-order valence-electron chi connectivity index (χ1n) is 9.80. The topological polar surface area (TPSA) is 183 Å². The molecular formula is C19H21N5O8S2. The zero-order valence-corrected chi connectivity index (χ0v) is 19.7. The van der Waals surface area contributed by atoms with Gasteiger partial charge in [-0.1, -0.05) is 17.8 Å². The number of β-lactam (4-membered cyclic amide) rings is 1. The molecule has 1 aromatic heterocycles. The molecule has 182 valence electrons. The molecule has 2 aliphatic heterocycles. The molecular weight excluding hydrogens is 490 g/mol. The van der Waals surface area contributed by atoms with Gasteiger partial charge in [-0.2, -0.15) is 0 Å². The monoisotopic (exact) mass is 511 g/mol. The minimum atomic E-state index is -1.28. The van der Waals surface area contributed by atoms with Crippen molar-refractivity contribution in [1.82, 2.24) is 15.2 Å². The van der Waals surface area contributed by atoms with E-state index in [0.29, 0.717) is 11.3 Å². The van der Waals surface area contributed by atoms with Gasteiger partial charge in [0.2, 0.25) is 6.29 Å². The summed E-state index contributed by atoms with van der Waals surface area (Å²) in [5.74, 6) is -2.05. The van der Waals surface area contributed by atoms with Crippen LogP contribution in [0.4, 0.5) is 9.93 Å². The number of nitrogen functional groups attached to an aromatic ring is 1. The minimum absolute atomic E-state index is 0.0520. The first-order chi connectivity index (χ1) is 16.2. The molecule has 0 spiro atoms. The number of allylic oxidation sites excluding steroid dienone is 1. The predicted octanol–water partition coefficient (Wildman–Crippen LogP) is 0.806. The molecule has 4 N–H and O–H groups in total. The van der Waals surface area contributed by atoms with E-state index in [-0.39, 0.29) is 23.1 Å². The molecule has 2 amide bonds. The van der Waals surface area contributed by atoms with Crippen LogP contribution in [0.15, 0.2) is 34.5 Å². The van der Waals surface area contributed by atoms with E-state index in [0.717, 1.165) is 11.3 Å². The molecule has 34 heavy (non-hydrogen) atoms. The van der Waals surface area contributed by atoms with Crippen molar-refractivity contribution >= 4 is 57.9 Å². The molecule has 3 atom stereocenters. The second-order valence-corrected chi connectivity index (χ2v) is 8.73. The Bertz CT molecular complexity index is 1080. The van der Waals surface area contributed by atoms with Gasteiger partial charge in [0, 0.05) is 18.1 Å². The fourth-order valence-electron chi connectivity index (χ4n) is 3.13. The highest BCUT2D eigenvalue weighted by atomic mass is 32.2. The van der Waals surface area contributed by atoms with Crippen molar-refractivity contribution in [2.45, 2.75) is 31.6 Å². The number of carbonyl (C=O) groups excluding carboxylic acids is 4. The number of aromatic nitrogens is 1. The van der Waals surface area contributed by atoms with Crippen LogP contribution in [0.25, 0.3) is 0 Å². The minimum Gasteiger partial charge on any atom is -0.435 e. The van der Waals surface area contributed by atoms with Crippen LogP contribution in [0.3, 0.4) is 0 Å². The van der Waals surface area contributed by atoms with Gasteiger partial charge in [0.25, 0.3) is 11.8 Å². The Labute approximate surface area is 201 Å². The molecule has 1 fully saturated rings. The van der Waals surface area contributed by atoms with Gasteiger partial charge in [0.05, 0.1) is 6.61 Å². The number of hydrogen-bond acceptors (Lipinski definition) is 13. The van der Waals surface area contributed by atoms with Crippen LogP contribution in [0.5, 0.6) is 0 Å². The second-order valence-electron chi connectivity index (χ2n) is 6.73. The van der Waals surface area contributed by atoms with Crippen LogP contribution in [0.1, 0.15) is 19.5 Å². The van der Waals surface area contributed by atoms with Crippen LogP contribution < -0.4 is 11.1 Å². The van der Waals surface area contributed by atoms with Gasteiger partial charge in [-0.25, -0.2) is 14.6 Å². The van der Waals surface area contributed by atoms with E-state index in [2.05, 4.69) is 26.8 Å². The van der Waals surface area contributed by atoms with Gasteiger partial charge in [0.15, 0.2) is 10.8 Å². The largest absolute Gasteiger partial charge is 0.511 e. The molecule has 3 rings (SSSR count). The standard InChI is InChI=1S/C19H21N5O8S2/c1-4-9-6-33-16-12(22-14(25)11(23-29)10-7-34-18(20)21-10)15(26)24(16)13(9)17(27)31-8(3)32-19(28)30-5-2/h4,7-8,12,16,29H,1,5-6H2,2-3H3,(H2,20,21)(H,22,25)/t8?,12?,16-/m1/s1. The van der Waals surface area contributed by atoms with Crippen LogP contribution >= 0.6 is 23.1 Å². The van der Waals surface area contributed by atoms with Gasteiger partial charge < -0.3 is 30.5 Å². The molecule has 0 bridgehead atoms. The number of amides is 2. The van der Waals surface area contributed by atoms with Crippen molar-refractivity contribution in [3.63, 3.8) is 0 Å². The van der Waals surface area contributed by atoms with Gasteiger partial charge in [-0.3, -0.25) is 14.5 Å². The number of oxime groups is 1. The highest BCUT2D eigenvalue weighted by molar-refractivity contribution is 8.00. The SMILES string of the molecule is C=CC1=C(C(=O)OC(C)OC(=O)OCC)N2C(=O)C(NC(=O)C(=NO)c3csc(N)n3)[C@H]2SC1. The number of hydrogen-bond donors (Lipinski definition) is 3. The molecule has 15 heteroatoms. The first-order valence-corrected chi connectivity index (χ1v) is 11.7. The number of esters is 1. The quantitative estimate of drug-likeness (QED) is 0.112. The Morgan fingerprint density at radius 3 is 2.79 bits per heavy atom. The molecule has 1 aromatic rings. The lowest BCUT2D eigenvalue weighted by Crippen LogP contribution is -2.71. The van der Waals surface area contributed by atoms with E-state index < -0.39 is 47.4 Å². The van der Waals surface area contributed by atoms with Gasteiger partial charge >= 0.3 is 12.1 Å². The maximum absolute atomic E-state index is 12.9. The van der Waals surface area contributed by atoms with Crippen LogP contribution in [0.2, 0.25) is 0 Å². The summed E-state index contributed by atoms with van der Waals surface area (Å²) < 4.78 is 14.6. The van der Waals surface area contributed by atoms with E-state index in [9.17, 15) is 24.4 Å². The molecule has 0 aliphatic carbocycles. The molecule has 3 heterocycles. The number of nitrogens with one attached hydrogen (secondary N) is 1. The highest BCUT2D eigenvalue weighted by Gasteiger charge is 2.54. The number of fused-ring (bicyclic) bond motifs is 1. The smallest absolute Gasteiger partial charge is 0.435 e. The molecule has 0 aromatic carbocycles. The molecule has 1 saturated heterocycles. The lowest BCUT2D eigenvalue weighted by Gasteiger charge is -2.49. The molecule has 0 radical (unpaired) electrons. The Balaban J connectivity index is 1.71. The molecule has 2 unspecified atom stereocenters. The summed E-state index contributed by atoms with van der Waals surface area (Å²) in [4.78, 5) is 54.8. The fraction of sp³-hybridized carbons (Fsp3) is 0.368. The number of nitrogens with two attached hydrogens (primary N) is 1. The summed E-state index contributed by atoms with van der Waals surface area (Å²) in [6, 6.07) is -1.01. The summed E-state index contributed by atoms with van der Waals surface area (Å²) in [6.07, 6.45) is -0.873. The number of carbonyl (C=O) groups is 4. The number of thioether (sulfide) groups is 1.